The van der Waals surface area contributed by atoms with Crippen molar-refractivity contribution in [2.75, 3.05) is 31.1 Å². The molecule has 1 rings (SSSR count). The summed E-state index contributed by atoms with van der Waals surface area (Å²) < 4.78 is 23.0. The van der Waals surface area contributed by atoms with Gasteiger partial charge in [0.05, 0.1) is 12.3 Å². The summed E-state index contributed by atoms with van der Waals surface area (Å²) in [5, 5.41) is 16.6. The van der Waals surface area contributed by atoms with E-state index in [1.54, 1.807) is 13.8 Å². The lowest BCUT2D eigenvalue weighted by Gasteiger charge is -2.22. The monoisotopic (exact) mass is 341 g/mol. The van der Waals surface area contributed by atoms with E-state index >= 15 is 0 Å². The molecule has 0 aromatic heterocycles. The van der Waals surface area contributed by atoms with E-state index in [0.29, 0.717) is 12.5 Å². The molecule has 0 heterocycles. The molecule has 3 N–H and O–H groups in total. The third kappa shape index (κ3) is 7.00. The molecule has 1 unspecified atom stereocenters. The maximum Gasteiger partial charge on any atom is 0.191 e. The Balaban J connectivity index is 2.67. The van der Waals surface area contributed by atoms with Crippen molar-refractivity contribution in [2.24, 2.45) is 4.99 Å². The second-order valence-electron chi connectivity index (χ2n) is 5.50. The van der Waals surface area contributed by atoms with E-state index in [1.807, 2.05) is 37.3 Å². The molecule has 0 spiro atoms. The molecule has 23 heavy (non-hydrogen) atoms. The van der Waals surface area contributed by atoms with E-state index in [-0.39, 0.29) is 24.6 Å². The van der Waals surface area contributed by atoms with Crippen LogP contribution in [0, 0.1) is 0 Å². The topological polar surface area (TPSA) is 90.8 Å². The minimum absolute atomic E-state index is 0.0585. The average Bonchev–Trinajstić information content (AvgIpc) is 2.53. The number of sulfone groups is 1. The predicted octanol–water partition coefficient (Wildman–Crippen LogP) is 0.884. The molecular weight excluding hydrogens is 314 g/mol. The number of aliphatic imine (C=N–C) groups is 1. The van der Waals surface area contributed by atoms with Gasteiger partial charge in [0.1, 0.15) is 5.60 Å². The van der Waals surface area contributed by atoms with Gasteiger partial charge in [0.25, 0.3) is 0 Å². The minimum atomic E-state index is -3.01. The van der Waals surface area contributed by atoms with E-state index in [2.05, 4.69) is 15.6 Å². The second kappa shape index (κ2) is 8.88. The molecule has 6 nitrogen and oxygen atoms in total. The summed E-state index contributed by atoms with van der Waals surface area (Å²) in [6, 6.07) is 9.33. The summed E-state index contributed by atoms with van der Waals surface area (Å²) in [6.45, 7) is 6.38. The van der Waals surface area contributed by atoms with Crippen molar-refractivity contribution in [3.8, 4) is 0 Å². The van der Waals surface area contributed by atoms with Crippen LogP contribution in [0.3, 0.4) is 0 Å². The molecule has 0 amide bonds. The summed E-state index contributed by atoms with van der Waals surface area (Å²) in [4.78, 5) is 4.36. The number of rotatable bonds is 8. The first-order chi connectivity index (χ1) is 10.8. The number of nitrogens with one attached hydrogen (secondary N) is 2. The van der Waals surface area contributed by atoms with Crippen LogP contribution in [0.25, 0.3) is 0 Å². The minimum Gasteiger partial charge on any atom is -0.384 e. The van der Waals surface area contributed by atoms with Crippen LogP contribution >= 0.6 is 0 Å². The SMILES string of the molecule is CCNC(=NCC(C)(O)c1ccccc1)NCCS(=O)(=O)CC. The van der Waals surface area contributed by atoms with Crippen LogP contribution in [0.2, 0.25) is 0 Å². The zero-order valence-corrected chi connectivity index (χ0v) is 14.9. The van der Waals surface area contributed by atoms with Crippen molar-refractivity contribution in [3.05, 3.63) is 35.9 Å². The summed E-state index contributed by atoms with van der Waals surface area (Å²) in [7, 11) is -3.01. The van der Waals surface area contributed by atoms with Gasteiger partial charge in [-0.05, 0) is 19.4 Å². The van der Waals surface area contributed by atoms with Gasteiger partial charge in [0, 0.05) is 18.8 Å². The molecule has 0 saturated carbocycles. The Morgan fingerprint density at radius 1 is 1.22 bits per heavy atom. The summed E-state index contributed by atoms with van der Waals surface area (Å²) in [6.07, 6.45) is 0. The summed E-state index contributed by atoms with van der Waals surface area (Å²) in [5.41, 5.74) is -0.299. The van der Waals surface area contributed by atoms with Crippen molar-refractivity contribution >= 4 is 15.8 Å². The van der Waals surface area contributed by atoms with Crippen molar-refractivity contribution in [3.63, 3.8) is 0 Å². The highest BCUT2D eigenvalue weighted by atomic mass is 32.2. The van der Waals surface area contributed by atoms with Crippen molar-refractivity contribution in [2.45, 2.75) is 26.4 Å². The van der Waals surface area contributed by atoms with E-state index < -0.39 is 15.4 Å². The van der Waals surface area contributed by atoms with Crippen LogP contribution < -0.4 is 10.6 Å². The van der Waals surface area contributed by atoms with Gasteiger partial charge in [0.2, 0.25) is 0 Å². The highest BCUT2D eigenvalue weighted by Gasteiger charge is 2.22. The predicted molar refractivity (Wildman–Crippen MR) is 94.3 cm³/mol. The second-order valence-corrected chi connectivity index (χ2v) is 7.97. The molecule has 130 valence electrons. The van der Waals surface area contributed by atoms with Gasteiger partial charge in [-0.2, -0.15) is 0 Å². The third-order valence-corrected chi connectivity index (χ3v) is 5.14. The molecule has 1 atom stereocenters. The quantitative estimate of drug-likeness (QED) is 0.482. The zero-order valence-electron chi connectivity index (χ0n) is 14.0. The molecule has 0 saturated heterocycles. The number of nitrogens with zero attached hydrogens (tertiary/aromatic N) is 1. The van der Waals surface area contributed by atoms with E-state index in [1.165, 1.54) is 0 Å². The highest BCUT2D eigenvalue weighted by molar-refractivity contribution is 7.91. The maximum absolute atomic E-state index is 11.5. The molecule has 1 aromatic rings. The van der Waals surface area contributed by atoms with Gasteiger partial charge in [0.15, 0.2) is 15.8 Å². The van der Waals surface area contributed by atoms with E-state index in [4.69, 9.17) is 0 Å². The Morgan fingerprint density at radius 2 is 1.87 bits per heavy atom. The first-order valence-corrected chi connectivity index (χ1v) is 9.63. The molecule has 0 aliphatic carbocycles. The van der Waals surface area contributed by atoms with E-state index in [9.17, 15) is 13.5 Å². The Hall–Kier alpha value is -1.60. The van der Waals surface area contributed by atoms with Gasteiger partial charge >= 0.3 is 0 Å². The van der Waals surface area contributed by atoms with Gasteiger partial charge in [-0.3, -0.25) is 0 Å². The molecule has 0 bridgehead atoms. The smallest absolute Gasteiger partial charge is 0.191 e. The van der Waals surface area contributed by atoms with Gasteiger partial charge < -0.3 is 15.7 Å². The first kappa shape index (κ1) is 19.4. The van der Waals surface area contributed by atoms with Crippen molar-refractivity contribution in [1.29, 1.82) is 0 Å². The first-order valence-electron chi connectivity index (χ1n) is 7.81. The highest BCUT2D eigenvalue weighted by Crippen LogP contribution is 2.20. The number of guanidine groups is 1. The fraction of sp³-hybridized carbons (Fsp3) is 0.562. The Morgan fingerprint density at radius 3 is 2.43 bits per heavy atom. The van der Waals surface area contributed by atoms with Crippen molar-refractivity contribution < 1.29 is 13.5 Å². The lowest BCUT2D eigenvalue weighted by Crippen LogP contribution is -2.41. The van der Waals surface area contributed by atoms with Gasteiger partial charge in [-0.15, -0.1) is 0 Å². The molecule has 0 aliphatic rings. The third-order valence-electron chi connectivity index (χ3n) is 3.43. The maximum atomic E-state index is 11.5. The Bertz CT molecular complexity index is 598. The fourth-order valence-corrected chi connectivity index (χ4v) is 2.63. The van der Waals surface area contributed by atoms with Crippen LogP contribution in [0.15, 0.2) is 35.3 Å². The van der Waals surface area contributed by atoms with Crippen molar-refractivity contribution in [1.82, 2.24) is 10.6 Å². The number of aliphatic hydroxyl groups is 1. The molecular formula is C16H27N3O3S. The average molecular weight is 341 g/mol. The number of hydrogen-bond acceptors (Lipinski definition) is 4. The van der Waals surface area contributed by atoms with E-state index in [0.717, 1.165) is 5.56 Å². The molecule has 0 radical (unpaired) electrons. The fourth-order valence-electron chi connectivity index (χ4n) is 1.93. The van der Waals surface area contributed by atoms with Crippen LogP contribution in [0.1, 0.15) is 26.3 Å². The largest absolute Gasteiger partial charge is 0.384 e. The molecule has 0 fully saturated rings. The van der Waals surface area contributed by atoms with Crippen LogP contribution in [0.4, 0.5) is 0 Å². The normalized spacial score (nSPS) is 15.0. The summed E-state index contributed by atoms with van der Waals surface area (Å²) >= 11 is 0. The lowest BCUT2D eigenvalue weighted by atomic mass is 9.96. The Kier molecular flexibility index (Phi) is 7.51. The molecule has 0 aliphatic heterocycles. The lowest BCUT2D eigenvalue weighted by molar-refractivity contribution is 0.0672. The number of hydrogen-bond donors (Lipinski definition) is 3. The van der Waals surface area contributed by atoms with Gasteiger partial charge in [-0.25, -0.2) is 13.4 Å². The molecule has 7 heteroatoms. The summed E-state index contributed by atoms with van der Waals surface area (Å²) in [5.74, 6) is 0.684. The zero-order chi connectivity index (χ0) is 17.3. The van der Waals surface area contributed by atoms with Crippen LogP contribution in [0.5, 0.6) is 0 Å². The molecule has 1 aromatic carbocycles. The van der Waals surface area contributed by atoms with Crippen LogP contribution in [-0.2, 0) is 15.4 Å². The Labute approximate surface area is 138 Å². The van der Waals surface area contributed by atoms with Crippen LogP contribution in [-0.4, -0.2) is 50.6 Å². The number of benzene rings is 1. The van der Waals surface area contributed by atoms with Gasteiger partial charge in [-0.1, -0.05) is 37.3 Å². The standard InChI is InChI=1S/C16H27N3O3S/c1-4-17-15(18-11-12-23(21,22)5-2)19-13-16(3,20)14-9-7-6-8-10-14/h6-10,20H,4-5,11-13H2,1-3H3,(H2,17,18,19).